The van der Waals surface area contributed by atoms with Gasteiger partial charge in [0, 0.05) is 40.5 Å². The van der Waals surface area contributed by atoms with Gasteiger partial charge in [0.1, 0.15) is 16.7 Å². The summed E-state index contributed by atoms with van der Waals surface area (Å²) in [6, 6.07) is 35.3. The lowest BCUT2D eigenvalue weighted by molar-refractivity contribution is -0.116. The number of anilines is 3. The normalized spacial score (nSPS) is 11.6. The zero-order valence-corrected chi connectivity index (χ0v) is 25.5. The van der Waals surface area contributed by atoms with E-state index in [1.165, 1.54) is 31.0 Å². The third-order valence-electron chi connectivity index (χ3n) is 6.52. The lowest BCUT2D eigenvalue weighted by atomic mass is 10.1. The number of hydrogen-bond donors (Lipinski definition) is 4. The summed E-state index contributed by atoms with van der Waals surface area (Å²) < 4.78 is 5.38. The van der Waals surface area contributed by atoms with Crippen LogP contribution >= 0.6 is 11.8 Å². The minimum Gasteiger partial charge on any atom is -0.465 e. The number of amides is 4. The van der Waals surface area contributed by atoms with Crippen molar-refractivity contribution < 1.29 is 23.6 Å². The molecule has 230 valence electrons. The summed E-state index contributed by atoms with van der Waals surface area (Å²) in [6.07, 6.45) is 2.93. The maximum Gasteiger partial charge on any atom is 0.272 e. The lowest BCUT2D eigenvalue weighted by Gasteiger charge is -2.18. The molecule has 46 heavy (non-hydrogen) atoms. The van der Waals surface area contributed by atoms with Gasteiger partial charge in [0.25, 0.3) is 11.8 Å². The van der Waals surface area contributed by atoms with Crippen molar-refractivity contribution in [3.05, 3.63) is 150 Å². The first kappa shape index (κ1) is 31.6. The van der Waals surface area contributed by atoms with Gasteiger partial charge in [-0.3, -0.25) is 19.2 Å². The van der Waals surface area contributed by atoms with Crippen molar-refractivity contribution >= 4 is 58.5 Å². The number of carbonyl (C=O) groups is 4. The fraction of sp³-hybridized carbons (Fsp3) is 0.0556. The van der Waals surface area contributed by atoms with Gasteiger partial charge in [0.05, 0.1) is 6.26 Å². The molecule has 1 unspecified atom stereocenters. The van der Waals surface area contributed by atoms with Gasteiger partial charge in [0.15, 0.2) is 0 Å². The molecule has 4 N–H and O–H groups in total. The summed E-state index contributed by atoms with van der Waals surface area (Å²) in [5, 5.41) is 10.6. The molecule has 0 aliphatic rings. The molecule has 0 aliphatic carbocycles. The van der Waals surface area contributed by atoms with Crippen LogP contribution in [0.1, 0.15) is 33.9 Å². The second kappa shape index (κ2) is 15.2. The molecule has 0 bridgehead atoms. The van der Waals surface area contributed by atoms with Gasteiger partial charge in [-0.1, -0.05) is 54.6 Å². The summed E-state index contributed by atoms with van der Waals surface area (Å²) >= 11 is 1.32. The maximum absolute atomic E-state index is 13.6. The Morgan fingerprint density at radius 2 is 1.37 bits per heavy atom. The SMILES string of the molecule is CC(=O)Nc1ccc(NC(=O)C(Sc2cccc(NC(=O)/C(=C/c3ccco3)NC(=O)c3ccccc3)c2)c2ccccc2)cc1. The molecule has 5 aromatic rings. The highest BCUT2D eigenvalue weighted by molar-refractivity contribution is 8.00. The van der Waals surface area contributed by atoms with Crippen LogP contribution in [0.2, 0.25) is 0 Å². The minimum absolute atomic E-state index is 0.00656. The molecule has 9 nitrogen and oxygen atoms in total. The molecular weight excluding hydrogens is 600 g/mol. The highest BCUT2D eigenvalue weighted by Crippen LogP contribution is 2.37. The van der Waals surface area contributed by atoms with E-state index in [2.05, 4.69) is 21.3 Å². The van der Waals surface area contributed by atoms with Gasteiger partial charge in [-0.05, 0) is 72.3 Å². The monoisotopic (exact) mass is 630 g/mol. The smallest absolute Gasteiger partial charge is 0.272 e. The van der Waals surface area contributed by atoms with Crippen LogP contribution in [0.4, 0.5) is 17.1 Å². The number of furan rings is 1. The van der Waals surface area contributed by atoms with Gasteiger partial charge in [-0.2, -0.15) is 0 Å². The molecule has 4 aromatic carbocycles. The Hall–Kier alpha value is -5.87. The molecule has 10 heteroatoms. The maximum atomic E-state index is 13.6. The number of benzene rings is 4. The Bertz CT molecular complexity index is 1840. The Balaban J connectivity index is 1.33. The minimum atomic E-state index is -0.623. The van der Waals surface area contributed by atoms with E-state index in [4.69, 9.17) is 4.42 Å². The fourth-order valence-corrected chi connectivity index (χ4v) is 5.47. The average Bonchev–Trinajstić information content (AvgIpc) is 3.58. The Kier molecular flexibility index (Phi) is 10.4. The third kappa shape index (κ3) is 8.84. The van der Waals surface area contributed by atoms with Crippen LogP contribution in [0.25, 0.3) is 6.08 Å². The second-order valence-corrected chi connectivity index (χ2v) is 11.2. The van der Waals surface area contributed by atoms with Crippen molar-refractivity contribution in [3.63, 3.8) is 0 Å². The first-order valence-corrected chi connectivity index (χ1v) is 15.1. The zero-order chi connectivity index (χ0) is 32.3. The summed E-state index contributed by atoms with van der Waals surface area (Å²) in [6.45, 7) is 1.43. The van der Waals surface area contributed by atoms with E-state index in [0.717, 1.165) is 10.5 Å². The molecule has 0 saturated carbocycles. The second-order valence-electron chi connectivity index (χ2n) is 10.0. The van der Waals surface area contributed by atoms with E-state index in [9.17, 15) is 19.2 Å². The Labute approximate surface area is 270 Å². The van der Waals surface area contributed by atoms with Gasteiger partial charge >= 0.3 is 0 Å². The third-order valence-corrected chi connectivity index (χ3v) is 7.77. The van der Waals surface area contributed by atoms with Crippen LogP contribution in [0.3, 0.4) is 0 Å². The number of thioether (sulfide) groups is 1. The van der Waals surface area contributed by atoms with Crippen molar-refractivity contribution in [1.29, 1.82) is 0 Å². The fourth-order valence-electron chi connectivity index (χ4n) is 4.39. The number of carbonyl (C=O) groups excluding carboxylic acids is 4. The molecule has 0 spiro atoms. The van der Waals surface area contributed by atoms with Gasteiger partial charge < -0.3 is 25.7 Å². The summed E-state index contributed by atoms with van der Waals surface area (Å²) in [4.78, 5) is 52.0. The first-order chi connectivity index (χ1) is 22.3. The highest BCUT2D eigenvalue weighted by Gasteiger charge is 2.23. The van der Waals surface area contributed by atoms with Crippen molar-refractivity contribution in [2.75, 3.05) is 16.0 Å². The van der Waals surface area contributed by atoms with E-state index in [0.29, 0.717) is 28.4 Å². The van der Waals surface area contributed by atoms with E-state index in [-0.39, 0.29) is 17.5 Å². The largest absolute Gasteiger partial charge is 0.465 e. The van der Waals surface area contributed by atoms with Crippen LogP contribution in [0, 0.1) is 0 Å². The van der Waals surface area contributed by atoms with Gasteiger partial charge in [-0.15, -0.1) is 11.8 Å². The highest BCUT2D eigenvalue weighted by atomic mass is 32.2. The van der Waals surface area contributed by atoms with Gasteiger partial charge in [-0.25, -0.2) is 0 Å². The molecule has 1 atom stereocenters. The van der Waals surface area contributed by atoms with E-state index in [1.807, 2.05) is 36.4 Å². The molecule has 1 aromatic heterocycles. The van der Waals surface area contributed by atoms with E-state index >= 15 is 0 Å². The first-order valence-electron chi connectivity index (χ1n) is 14.3. The van der Waals surface area contributed by atoms with Gasteiger partial charge in [0.2, 0.25) is 11.8 Å². The summed E-state index contributed by atoms with van der Waals surface area (Å²) in [7, 11) is 0. The van der Waals surface area contributed by atoms with Crippen molar-refractivity contribution in [1.82, 2.24) is 5.32 Å². The van der Waals surface area contributed by atoms with Crippen LogP contribution in [0.5, 0.6) is 0 Å². The number of nitrogens with one attached hydrogen (secondary N) is 4. The lowest BCUT2D eigenvalue weighted by Crippen LogP contribution is -2.30. The van der Waals surface area contributed by atoms with Crippen molar-refractivity contribution in [3.8, 4) is 0 Å². The van der Waals surface area contributed by atoms with E-state index < -0.39 is 17.1 Å². The molecule has 0 radical (unpaired) electrons. The molecule has 0 fully saturated rings. The molecule has 0 saturated heterocycles. The Morgan fingerprint density at radius 3 is 2.02 bits per heavy atom. The standard InChI is InChI=1S/C36H30N4O5S/c1-24(41)37-27-17-19-28(20-18-27)38-36(44)33(25-10-4-2-5-11-25)46-31-16-8-14-29(22-31)39-35(43)32(23-30-15-9-21-45-30)40-34(42)26-12-6-3-7-13-26/h2-23,33H,1H3,(H,37,41)(H,38,44)(H,39,43)(H,40,42)/b32-23-. The number of rotatable bonds is 11. The summed E-state index contributed by atoms with van der Waals surface area (Å²) in [5.74, 6) is -1.03. The predicted molar refractivity (Wildman–Crippen MR) is 180 cm³/mol. The van der Waals surface area contributed by atoms with Crippen LogP contribution in [-0.4, -0.2) is 23.6 Å². The predicted octanol–water partition coefficient (Wildman–Crippen LogP) is 7.12. The molecule has 0 aliphatic heterocycles. The topological polar surface area (TPSA) is 130 Å². The van der Waals surface area contributed by atoms with Crippen molar-refractivity contribution in [2.24, 2.45) is 0 Å². The molecule has 4 amide bonds. The van der Waals surface area contributed by atoms with E-state index in [1.54, 1.807) is 84.9 Å². The average molecular weight is 631 g/mol. The molecular formula is C36H30N4O5S. The molecule has 1 heterocycles. The number of hydrogen-bond acceptors (Lipinski definition) is 6. The van der Waals surface area contributed by atoms with Crippen LogP contribution < -0.4 is 21.3 Å². The summed E-state index contributed by atoms with van der Waals surface area (Å²) in [5.41, 5.74) is 2.85. The quantitative estimate of drug-likeness (QED) is 0.0909. The van der Waals surface area contributed by atoms with Crippen molar-refractivity contribution in [2.45, 2.75) is 17.1 Å². The Morgan fingerprint density at radius 1 is 0.696 bits per heavy atom. The van der Waals surface area contributed by atoms with Crippen LogP contribution in [-0.2, 0) is 14.4 Å². The molecule has 5 rings (SSSR count). The van der Waals surface area contributed by atoms with Crippen LogP contribution in [0.15, 0.2) is 143 Å². The zero-order valence-electron chi connectivity index (χ0n) is 24.7.